The molecule has 0 spiro atoms. The Morgan fingerprint density at radius 3 is 1.41 bits per heavy atom. The lowest BCUT2D eigenvalue weighted by Crippen LogP contribution is -2.34. The molecule has 0 aromatic heterocycles. The van der Waals surface area contributed by atoms with Gasteiger partial charge in [-0.3, -0.25) is 0 Å². The number of hydrogen-bond acceptors (Lipinski definition) is 2. The van der Waals surface area contributed by atoms with Crippen LogP contribution in [0.1, 0.15) is 117 Å². The smallest absolute Gasteiger partial charge is 0.0691 e. The van der Waals surface area contributed by atoms with Crippen LogP contribution in [-0.2, 0) is 0 Å². The molecule has 0 aliphatic rings. The van der Waals surface area contributed by atoms with Crippen LogP contribution < -0.4 is 5.73 Å². The molecule has 0 rings (SSSR count). The fourth-order valence-electron chi connectivity index (χ4n) is 3.05. The van der Waals surface area contributed by atoms with Crippen LogP contribution >= 0.6 is 0 Å². The molecular weight excluding hydrogens is 270 g/mol. The monoisotopic (exact) mass is 313 g/mol. The summed E-state index contributed by atoms with van der Waals surface area (Å²) in [6, 6.07) is -0.00395. The summed E-state index contributed by atoms with van der Waals surface area (Å²) < 4.78 is 0. The predicted octanol–water partition coefficient (Wildman–Crippen LogP) is 5.96. The molecule has 22 heavy (non-hydrogen) atoms. The van der Waals surface area contributed by atoms with Gasteiger partial charge in [0.15, 0.2) is 0 Å². The second-order valence-electron chi connectivity index (χ2n) is 7.05. The molecule has 2 unspecified atom stereocenters. The van der Waals surface area contributed by atoms with Crippen LogP contribution in [0.25, 0.3) is 0 Å². The van der Waals surface area contributed by atoms with E-state index in [-0.39, 0.29) is 12.1 Å². The van der Waals surface area contributed by atoms with Gasteiger partial charge in [0.25, 0.3) is 0 Å². The molecule has 0 aliphatic heterocycles. The van der Waals surface area contributed by atoms with Crippen LogP contribution in [0.5, 0.6) is 0 Å². The zero-order valence-corrected chi connectivity index (χ0v) is 15.5. The molecule has 0 heterocycles. The SMILES string of the molecule is CCCCCCCCCCCC(N)C(O)CCCCCCC. The van der Waals surface area contributed by atoms with Crippen molar-refractivity contribution >= 4 is 0 Å². The quantitative estimate of drug-likeness (QED) is 0.326. The molecule has 0 aromatic rings. The fourth-order valence-corrected chi connectivity index (χ4v) is 3.05. The first kappa shape index (κ1) is 21.9. The average molecular weight is 314 g/mol. The van der Waals surface area contributed by atoms with Crippen LogP contribution in [0, 0.1) is 0 Å². The third kappa shape index (κ3) is 14.8. The first-order valence-electron chi connectivity index (χ1n) is 10.2. The minimum atomic E-state index is -0.282. The zero-order valence-electron chi connectivity index (χ0n) is 15.5. The van der Waals surface area contributed by atoms with Gasteiger partial charge in [-0.15, -0.1) is 0 Å². The standard InChI is InChI=1S/C20H43NO/c1-3-5-7-9-10-11-12-14-15-17-19(21)20(22)18-16-13-8-6-4-2/h19-20,22H,3-18,21H2,1-2H3. The van der Waals surface area contributed by atoms with Crippen LogP contribution in [0.3, 0.4) is 0 Å². The van der Waals surface area contributed by atoms with Gasteiger partial charge in [-0.2, -0.15) is 0 Å². The van der Waals surface area contributed by atoms with Gasteiger partial charge in [0, 0.05) is 6.04 Å². The van der Waals surface area contributed by atoms with E-state index in [2.05, 4.69) is 13.8 Å². The molecule has 2 nitrogen and oxygen atoms in total. The average Bonchev–Trinajstić information content (AvgIpc) is 2.52. The van der Waals surface area contributed by atoms with E-state index >= 15 is 0 Å². The third-order valence-electron chi connectivity index (χ3n) is 4.74. The van der Waals surface area contributed by atoms with Crippen LogP contribution in [0.15, 0.2) is 0 Å². The Bertz CT molecular complexity index is 208. The Labute approximate surface area is 140 Å². The van der Waals surface area contributed by atoms with Crippen molar-refractivity contribution < 1.29 is 5.11 Å². The van der Waals surface area contributed by atoms with Gasteiger partial charge in [-0.05, 0) is 12.8 Å². The normalized spacial score (nSPS) is 14.2. The van der Waals surface area contributed by atoms with Crippen LogP contribution in [0.2, 0.25) is 0 Å². The maximum Gasteiger partial charge on any atom is 0.0691 e. The number of nitrogens with two attached hydrogens (primary N) is 1. The number of aliphatic hydroxyl groups is 1. The summed E-state index contributed by atoms with van der Waals surface area (Å²) in [5, 5.41) is 10.1. The first-order valence-corrected chi connectivity index (χ1v) is 10.2. The molecule has 0 saturated carbocycles. The Balaban J connectivity index is 3.31. The van der Waals surface area contributed by atoms with Crippen LogP contribution in [0.4, 0.5) is 0 Å². The van der Waals surface area contributed by atoms with E-state index in [4.69, 9.17) is 5.73 Å². The van der Waals surface area contributed by atoms with Gasteiger partial charge in [-0.1, -0.05) is 104 Å². The number of hydrogen-bond donors (Lipinski definition) is 2. The maximum atomic E-state index is 10.1. The summed E-state index contributed by atoms with van der Waals surface area (Å²) in [5.41, 5.74) is 6.10. The largest absolute Gasteiger partial charge is 0.392 e. The molecule has 0 amide bonds. The topological polar surface area (TPSA) is 46.2 Å². The maximum absolute atomic E-state index is 10.1. The minimum Gasteiger partial charge on any atom is -0.392 e. The van der Waals surface area contributed by atoms with Crippen molar-refractivity contribution in [1.82, 2.24) is 0 Å². The van der Waals surface area contributed by atoms with E-state index in [1.807, 2.05) is 0 Å². The van der Waals surface area contributed by atoms with Crippen molar-refractivity contribution in [3.63, 3.8) is 0 Å². The van der Waals surface area contributed by atoms with Crippen molar-refractivity contribution in [2.75, 3.05) is 0 Å². The Kier molecular flexibility index (Phi) is 17.2. The molecule has 2 atom stereocenters. The van der Waals surface area contributed by atoms with Crippen molar-refractivity contribution in [2.24, 2.45) is 5.73 Å². The van der Waals surface area contributed by atoms with E-state index in [9.17, 15) is 5.11 Å². The van der Waals surface area contributed by atoms with Crippen LogP contribution in [-0.4, -0.2) is 17.3 Å². The summed E-state index contributed by atoms with van der Waals surface area (Å²) in [4.78, 5) is 0. The second-order valence-corrected chi connectivity index (χ2v) is 7.05. The molecule has 2 heteroatoms. The van der Waals surface area contributed by atoms with E-state index in [1.165, 1.54) is 83.5 Å². The van der Waals surface area contributed by atoms with E-state index in [0.717, 1.165) is 19.3 Å². The highest BCUT2D eigenvalue weighted by Crippen LogP contribution is 2.14. The lowest BCUT2D eigenvalue weighted by Gasteiger charge is -2.18. The molecule has 0 saturated heterocycles. The van der Waals surface area contributed by atoms with Gasteiger partial charge < -0.3 is 10.8 Å². The first-order chi connectivity index (χ1) is 10.7. The Hall–Kier alpha value is -0.0800. The zero-order chi connectivity index (χ0) is 16.5. The summed E-state index contributed by atoms with van der Waals surface area (Å²) in [5.74, 6) is 0. The lowest BCUT2D eigenvalue weighted by atomic mass is 9.98. The highest BCUT2D eigenvalue weighted by molar-refractivity contribution is 4.71. The summed E-state index contributed by atoms with van der Waals surface area (Å²) in [6.07, 6.45) is 20.0. The van der Waals surface area contributed by atoms with Gasteiger partial charge >= 0.3 is 0 Å². The molecular formula is C20H43NO. The minimum absolute atomic E-state index is 0.00395. The highest BCUT2D eigenvalue weighted by Gasteiger charge is 2.13. The van der Waals surface area contributed by atoms with E-state index in [0.29, 0.717) is 0 Å². The lowest BCUT2D eigenvalue weighted by molar-refractivity contribution is 0.126. The van der Waals surface area contributed by atoms with Crippen molar-refractivity contribution in [3.8, 4) is 0 Å². The van der Waals surface area contributed by atoms with Gasteiger partial charge in [0.2, 0.25) is 0 Å². The summed E-state index contributed by atoms with van der Waals surface area (Å²) in [7, 11) is 0. The van der Waals surface area contributed by atoms with Gasteiger partial charge in [0.1, 0.15) is 0 Å². The van der Waals surface area contributed by atoms with Crippen molar-refractivity contribution in [3.05, 3.63) is 0 Å². The van der Waals surface area contributed by atoms with E-state index in [1.54, 1.807) is 0 Å². The van der Waals surface area contributed by atoms with Gasteiger partial charge in [-0.25, -0.2) is 0 Å². The third-order valence-corrected chi connectivity index (χ3v) is 4.74. The molecule has 0 aromatic carbocycles. The Morgan fingerprint density at radius 2 is 0.955 bits per heavy atom. The number of unbranched alkanes of at least 4 members (excludes halogenated alkanes) is 12. The molecule has 3 N–H and O–H groups in total. The number of aliphatic hydroxyl groups excluding tert-OH is 1. The molecule has 0 fully saturated rings. The summed E-state index contributed by atoms with van der Waals surface area (Å²) in [6.45, 7) is 4.50. The van der Waals surface area contributed by atoms with E-state index < -0.39 is 0 Å². The molecule has 0 radical (unpaired) electrons. The van der Waals surface area contributed by atoms with Crippen molar-refractivity contribution in [1.29, 1.82) is 0 Å². The molecule has 134 valence electrons. The summed E-state index contributed by atoms with van der Waals surface area (Å²) >= 11 is 0. The number of rotatable bonds is 17. The highest BCUT2D eigenvalue weighted by atomic mass is 16.3. The Morgan fingerprint density at radius 1 is 0.591 bits per heavy atom. The molecule has 0 aliphatic carbocycles. The second kappa shape index (κ2) is 17.3. The van der Waals surface area contributed by atoms with Crippen molar-refractivity contribution in [2.45, 2.75) is 129 Å². The predicted molar refractivity (Wildman–Crippen MR) is 99.2 cm³/mol. The van der Waals surface area contributed by atoms with Gasteiger partial charge in [0.05, 0.1) is 6.10 Å². The molecule has 0 bridgehead atoms. The fraction of sp³-hybridized carbons (Fsp3) is 1.00.